The lowest BCUT2D eigenvalue weighted by Crippen LogP contribution is -2.64. The Bertz CT molecular complexity index is 1520. The number of imidazole rings is 1. The molecule has 3 aromatic rings. The molecule has 45 heavy (non-hydrogen) atoms. The Balaban J connectivity index is 1.24. The molecule has 3 heterocycles. The summed E-state index contributed by atoms with van der Waals surface area (Å²) in [6.45, 7) is 6.96. The number of halogens is 2. The molecule has 238 valence electrons. The third kappa shape index (κ3) is 6.35. The van der Waals surface area contributed by atoms with E-state index < -0.39 is 11.1 Å². The van der Waals surface area contributed by atoms with E-state index in [1.54, 1.807) is 30.5 Å². The Kier molecular flexibility index (Phi) is 8.96. The first-order valence-electron chi connectivity index (χ1n) is 16.3. The van der Waals surface area contributed by atoms with Gasteiger partial charge in [0.25, 0.3) is 0 Å². The number of piperidine rings is 1. The first-order valence-corrected chi connectivity index (χ1v) is 16.3. The molecular formula is C36H43F2N5O2. The monoisotopic (exact) mass is 615 g/mol. The molecule has 9 heteroatoms. The lowest BCUT2D eigenvalue weighted by Gasteiger charge is -2.52. The van der Waals surface area contributed by atoms with Crippen LogP contribution in [0.2, 0.25) is 0 Å². The minimum Gasteiger partial charge on any atom is -0.462 e. The quantitative estimate of drug-likeness (QED) is 0.253. The normalized spacial score (nSPS) is 23.2. The molecular weight excluding hydrogens is 572 g/mol. The molecule has 2 aromatic carbocycles. The third-order valence-electron chi connectivity index (χ3n) is 10.5. The number of anilines is 1. The highest BCUT2D eigenvalue weighted by Gasteiger charge is 2.54. The summed E-state index contributed by atoms with van der Waals surface area (Å²) in [4.78, 5) is 21.3. The van der Waals surface area contributed by atoms with Crippen molar-refractivity contribution in [3.63, 3.8) is 0 Å². The number of carbonyl (C=O) groups excluding carboxylic acids is 1. The van der Waals surface area contributed by atoms with E-state index in [1.165, 1.54) is 6.07 Å². The molecule has 0 radical (unpaired) electrons. The van der Waals surface area contributed by atoms with Gasteiger partial charge in [-0.1, -0.05) is 19.1 Å². The summed E-state index contributed by atoms with van der Waals surface area (Å²) < 4.78 is 39.2. The number of likely N-dealkylation sites (tertiary alicyclic amines) is 1. The number of benzene rings is 2. The maximum Gasteiger partial charge on any atom is 0.305 e. The molecule has 1 aromatic heterocycles. The van der Waals surface area contributed by atoms with E-state index >= 15 is 4.39 Å². The number of hydrogen-bond acceptors (Lipinski definition) is 6. The van der Waals surface area contributed by atoms with E-state index in [-0.39, 0.29) is 29.7 Å². The van der Waals surface area contributed by atoms with Gasteiger partial charge in [-0.25, -0.2) is 13.8 Å². The van der Waals surface area contributed by atoms with Gasteiger partial charge in [-0.3, -0.25) is 9.69 Å². The number of aryl methyl sites for hydroxylation is 1. The van der Waals surface area contributed by atoms with Gasteiger partial charge in [-0.2, -0.15) is 5.26 Å². The summed E-state index contributed by atoms with van der Waals surface area (Å²) in [6.07, 6.45) is 8.20. The molecule has 0 amide bonds. The van der Waals surface area contributed by atoms with Gasteiger partial charge in [0.1, 0.15) is 17.7 Å². The van der Waals surface area contributed by atoms with Gasteiger partial charge in [-0.05, 0) is 100.0 Å². The van der Waals surface area contributed by atoms with Gasteiger partial charge >= 0.3 is 5.97 Å². The number of aromatic nitrogens is 2. The number of ether oxygens (including phenoxy) is 1. The summed E-state index contributed by atoms with van der Waals surface area (Å²) >= 11 is 0. The van der Waals surface area contributed by atoms with Crippen LogP contribution >= 0.6 is 0 Å². The molecule has 2 saturated heterocycles. The van der Waals surface area contributed by atoms with E-state index in [4.69, 9.17) is 10.00 Å². The molecule has 0 spiro atoms. The molecule has 0 N–H and O–H groups in total. The highest BCUT2D eigenvalue weighted by molar-refractivity contribution is 5.69. The van der Waals surface area contributed by atoms with E-state index in [2.05, 4.69) is 20.5 Å². The second-order valence-electron chi connectivity index (χ2n) is 13.3. The summed E-state index contributed by atoms with van der Waals surface area (Å²) in [6, 6.07) is 16.4. The van der Waals surface area contributed by atoms with Crippen LogP contribution in [0.25, 0.3) is 0 Å². The standard InChI is InChI=1S/C36H43F2N5O2/c1-3-34(44)45-33-9-5-8-32(33)36(25-42-19-16-40-26(42)2,29-6-4-7-30(37)20-29)28-14-17-41(18-15-28)22-35(38)23-43(24-35)31-12-10-27(21-39)11-13-31/h4,6-7,10-13,16,19-20,28,32-33H,3,5,8-9,14-15,17-18,22-25H2,1-2H3/t32-,33-,36-/m0/s1. The molecule has 0 unspecified atom stereocenters. The Morgan fingerprint density at radius 1 is 1.13 bits per heavy atom. The van der Waals surface area contributed by atoms with Crippen LogP contribution in [0.5, 0.6) is 0 Å². The fraction of sp³-hybridized carbons (Fsp3) is 0.528. The predicted octanol–water partition coefficient (Wildman–Crippen LogP) is 6.20. The smallest absolute Gasteiger partial charge is 0.305 e. The van der Waals surface area contributed by atoms with Crippen LogP contribution in [0.15, 0.2) is 60.9 Å². The van der Waals surface area contributed by atoms with Gasteiger partial charge in [0, 0.05) is 48.9 Å². The van der Waals surface area contributed by atoms with Crippen molar-refractivity contribution < 1.29 is 18.3 Å². The van der Waals surface area contributed by atoms with Crippen molar-refractivity contribution in [2.75, 3.05) is 37.6 Å². The van der Waals surface area contributed by atoms with Crippen LogP contribution in [0.1, 0.15) is 62.4 Å². The van der Waals surface area contributed by atoms with Gasteiger partial charge in [0.2, 0.25) is 0 Å². The van der Waals surface area contributed by atoms with Crippen molar-refractivity contribution in [1.82, 2.24) is 14.5 Å². The van der Waals surface area contributed by atoms with E-state index in [1.807, 2.05) is 43.1 Å². The summed E-state index contributed by atoms with van der Waals surface area (Å²) in [7, 11) is 0. The fourth-order valence-corrected chi connectivity index (χ4v) is 8.30. The van der Waals surface area contributed by atoms with Crippen molar-refractivity contribution in [2.45, 2.75) is 76.1 Å². The first kappa shape index (κ1) is 31.2. The number of rotatable bonds is 10. The second kappa shape index (κ2) is 12.9. The van der Waals surface area contributed by atoms with Crippen molar-refractivity contribution in [3.05, 3.63) is 83.7 Å². The third-order valence-corrected chi connectivity index (χ3v) is 10.5. The van der Waals surface area contributed by atoms with Crippen molar-refractivity contribution >= 4 is 11.7 Å². The van der Waals surface area contributed by atoms with Crippen LogP contribution in [0, 0.1) is 35.9 Å². The van der Waals surface area contributed by atoms with E-state index in [0.29, 0.717) is 38.2 Å². The largest absolute Gasteiger partial charge is 0.462 e. The highest BCUT2D eigenvalue weighted by atomic mass is 19.1. The molecule has 0 bridgehead atoms. The molecule has 2 aliphatic heterocycles. The number of carbonyl (C=O) groups is 1. The topological polar surface area (TPSA) is 74.4 Å². The van der Waals surface area contributed by atoms with Crippen molar-refractivity contribution in [3.8, 4) is 6.07 Å². The zero-order valence-electron chi connectivity index (χ0n) is 26.3. The Morgan fingerprint density at radius 2 is 1.89 bits per heavy atom. The number of alkyl halides is 1. The highest BCUT2D eigenvalue weighted by Crippen LogP contribution is 2.52. The van der Waals surface area contributed by atoms with Crippen LogP contribution < -0.4 is 4.90 Å². The number of hydrogen-bond donors (Lipinski definition) is 0. The van der Waals surface area contributed by atoms with Gasteiger partial charge < -0.3 is 14.2 Å². The predicted molar refractivity (Wildman–Crippen MR) is 169 cm³/mol. The zero-order valence-corrected chi connectivity index (χ0v) is 26.3. The van der Waals surface area contributed by atoms with Crippen LogP contribution in [0.3, 0.4) is 0 Å². The van der Waals surface area contributed by atoms with Gasteiger partial charge in [0.15, 0.2) is 5.67 Å². The average molecular weight is 616 g/mol. The minimum absolute atomic E-state index is 0.0216. The number of nitriles is 1. The van der Waals surface area contributed by atoms with Crippen LogP contribution in [0.4, 0.5) is 14.5 Å². The molecule has 3 atom stereocenters. The van der Waals surface area contributed by atoms with E-state index in [0.717, 1.165) is 62.3 Å². The molecule has 1 aliphatic carbocycles. The van der Waals surface area contributed by atoms with Crippen molar-refractivity contribution in [2.24, 2.45) is 11.8 Å². The molecule has 3 aliphatic rings. The van der Waals surface area contributed by atoms with Crippen LogP contribution in [-0.2, 0) is 21.5 Å². The Morgan fingerprint density at radius 3 is 2.53 bits per heavy atom. The Hall–Kier alpha value is -3.77. The van der Waals surface area contributed by atoms with Gasteiger partial charge in [-0.15, -0.1) is 0 Å². The lowest BCUT2D eigenvalue weighted by atomic mass is 9.58. The van der Waals surface area contributed by atoms with Crippen molar-refractivity contribution in [1.29, 1.82) is 5.26 Å². The number of esters is 1. The van der Waals surface area contributed by atoms with Gasteiger partial charge in [0.05, 0.1) is 24.7 Å². The minimum atomic E-state index is -1.29. The fourth-order valence-electron chi connectivity index (χ4n) is 8.30. The van der Waals surface area contributed by atoms with Crippen LogP contribution in [-0.4, -0.2) is 64.9 Å². The maximum absolute atomic E-state index is 15.9. The summed E-state index contributed by atoms with van der Waals surface area (Å²) in [5.41, 5.74) is 0.686. The summed E-state index contributed by atoms with van der Waals surface area (Å²) in [5.74, 6) is 0.624. The van der Waals surface area contributed by atoms with E-state index in [9.17, 15) is 9.18 Å². The SMILES string of the molecule is CCC(=O)O[C@H]1CCC[C@@H]1[C@](Cn1ccnc1C)(c1cccc(F)c1)C1CCN(CC2(F)CN(c3ccc(C#N)cc3)C2)CC1. The molecule has 7 nitrogen and oxygen atoms in total. The lowest BCUT2D eigenvalue weighted by molar-refractivity contribution is -0.152. The zero-order chi connectivity index (χ0) is 31.6. The maximum atomic E-state index is 15.9. The first-order chi connectivity index (χ1) is 21.7. The Labute approximate surface area is 264 Å². The molecule has 6 rings (SSSR count). The molecule has 3 fully saturated rings. The molecule has 1 saturated carbocycles. The second-order valence-corrected chi connectivity index (χ2v) is 13.3. The number of nitrogens with zero attached hydrogens (tertiary/aromatic N) is 5. The average Bonchev–Trinajstić information content (AvgIpc) is 3.67. The summed E-state index contributed by atoms with van der Waals surface area (Å²) in [5, 5.41) is 9.08.